The van der Waals surface area contributed by atoms with E-state index in [2.05, 4.69) is 34.6 Å². The van der Waals surface area contributed by atoms with Crippen molar-refractivity contribution in [2.24, 2.45) is 17.8 Å². The van der Waals surface area contributed by atoms with Gasteiger partial charge in [0.2, 0.25) is 0 Å². The van der Waals surface area contributed by atoms with Crippen molar-refractivity contribution >= 4 is 0 Å². The van der Waals surface area contributed by atoms with Crippen LogP contribution < -0.4 is 0 Å². The van der Waals surface area contributed by atoms with Gasteiger partial charge in [-0.2, -0.15) is 0 Å². The molecule has 0 nitrogen and oxygen atoms in total. The van der Waals surface area contributed by atoms with Gasteiger partial charge in [0, 0.05) is 0 Å². The van der Waals surface area contributed by atoms with Crippen LogP contribution in [0.3, 0.4) is 0 Å². The fourth-order valence-corrected chi connectivity index (χ4v) is 3.65. The van der Waals surface area contributed by atoms with Crippen molar-refractivity contribution in [3.63, 3.8) is 0 Å². The van der Waals surface area contributed by atoms with Gasteiger partial charge >= 0.3 is 0 Å². The molecule has 0 saturated carbocycles. The fraction of sp³-hybridized carbons (Fsp3) is 1.00. The lowest BCUT2D eigenvalue weighted by Crippen LogP contribution is -2.10. The molecule has 0 bridgehead atoms. The van der Waals surface area contributed by atoms with E-state index in [1.165, 1.54) is 83.5 Å². The minimum Gasteiger partial charge on any atom is -0.0654 e. The molecule has 0 aromatic rings. The Labute approximate surface area is 136 Å². The Kier molecular flexibility index (Phi) is 14.9. The van der Waals surface area contributed by atoms with E-state index in [0.717, 1.165) is 17.8 Å². The van der Waals surface area contributed by atoms with E-state index in [4.69, 9.17) is 0 Å². The third-order valence-corrected chi connectivity index (χ3v) is 5.56. The van der Waals surface area contributed by atoms with Gasteiger partial charge in [0.05, 0.1) is 0 Å². The molecule has 0 spiro atoms. The van der Waals surface area contributed by atoms with E-state index >= 15 is 0 Å². The van der Waals surface area contributed by atoms with Crippen LogP contribution in [-0.2, 0) is 0 Å². The maximum Gasteiger partial charge on any atom is -0.0414 e. The van der Waals surface area contributed by atoms with Gasteiger partial charge in [-0.15, -0.1) is 0 Å². The first-order valence-electron chi connectivity index (χ1n) is 10.2. The predicted octanol–water partition coefficient (Wildman–Crippen LogP) is 8.01. The molecular formula is C21H44. The summed E-state index contributed by atoms with van der Waals surface area (Å²) in [6.07, 6.45) is 18.7. The fourth-order valence-electron chi connectivity index (χ4n) is 3.65. The van der Waals surface area contributed by atoms with Gasteiger partial charge in [0.25, 0.3) is 0 Å². The van der Waals surface area contributed by atoms with Crippen LogP contribution in [0.1, 0.15) is 118 Å². The summed E-state index contributed by atoms with van der Waals surface area (Å²) in [6.45, 7) is 11.8. The summed E-state index contributed by atoms with van der Waals surface area (Å²) in [5.41, 5.74) is 0. The normalized spacial score (nSPS) is 15.9. The third-order valence-electron chi connectivity index (χ3n) is 5.56. The number of unbranched alkanes of at least 4 members (excludes halogenated alkanes) is 3. The first-order chi connectivity index (χ1) is 10.2. The molecular weight excluding hydrogens is 252 g/mol. The van der Waals surface area contributed by atoms with Crippen molar-refractivity contribution in [3.05, 3.63) is 0 Å². The van der Waals surface area contributed by atoms with Crippen molar-refractivity contribution < 1.29 is 0 Å². The Morgan fingerprint density at radius 1 is 0.476 bits per heavy atom. The van der Waals surface area contributed by atoms with Gasteiger partial charge < -0.3 is 0 Å². The standard InChI is InChI=1S/C21H44/c1-6-11-13-15-20(9-4)18-21(10-5)17-16-19(8-3)14-12-7-2/h19-21H,6-18H2,1-5H3. The molecule has 128 valence electrons. The maximum atomic E-state index is 2.41. The SMILES string of the molecule is CCCCCC(CC)CC(CC)CCC(CC)CCCC. The van der Waals surface area contributed by atoms with Crippen LogP contribution in [0.5, 0.6) is 0 Å². The molecule has 3 atom stereocenters. The Bertz CT molecular complexity index is 196. The van der Waals surface area contributed by atoms with Crippen molar-refractivity contribution in [2.45, 2.75) is 118 Å². The van der Waals surface area contributed by atoms with Crippen molar-refractivity contribution in [2.75, 3.05) is 0 Å². The highest BCUT2D eigenvalue weighted by Crippen LogP contribution is 2.29. The topological polar surface area (TPSA) is 0 Å². The van der Waals surface area contributed by atoms with E-state index in [1.54, 1.807) is 0 Å². The van der Waals surface area contributed by atoms with Gasteiger partial charge in [-0.1, -0.05) is 112 Å². The van der Waals surface area contributed by atoms with Crippen LogP contribution in [0.2, 0.25) is 0 Å². The Morgan fingerprint density at radius 2 is 0.952 bits per heavy atom. The zero-order chi connectivity index (χ0) is 15.9. The summed E-state index contributed by atoms with van der Waals surface area (Å²) >= 11 is 0. The highest BCUT2D eigenvalue weighted by Gasteiger charge is 2.15. The van der Waals surface area contributed by atoms with Gasteiger partial charge in [0.1, 0.15) is 0 Å². The average molecular weight is 297 g/mol. The largest absolute Gasteiger partial charge is 0.0654 e. The summed E-state index contributed by atoms with van der Waals surface area (Å²) in [6, 6.07) is 0. The summed E-state index contributed by atoms with van der Waals surface area (Å²) in [5, 5.41) is 0. The van der Waals surface area contributed by atoms with E-state index in [-0.39, 0.29) is 0 Å². The molecule has 3 unspecified atom stereocenters. The maximum absolute atomic E-state index is 2.41. The molecule has 0 aliphatic heterocycles. The van der Waals surface area contributed by atoms with Gasteiger partial charge in [-0.3, -0.25) is 0 Å². The van der Waals surface area contributed by atoms with E-state index in [0.29, 0.717) is 0 Å². The molecule has 0 amide bonds. The van der Waals surface area contributed by atoms with Crippen molar-refractivity contribution in [1.29, 1.82) is 0 Å². The summed E-state index contributed by atoms with van der Waals surface area (Å²) in [7, 11) is 0. The summed E-state index contributed by atoms with van der Waals surface area (Å²) in [5.74, 6) is 2.99. The first-order valence-corrected chi connectivity index (χ1v) is 10.2. The molecule has 0 rings (SSSR count). The predicted molar refractivity (Wildman–Crippen MR) is 98.9 cm³/mol. The lowest BCUT2D eigenvalue weighted by molar-refractivity contribution is 0.286. The lowest BCUT2D eigenvalue weighted by Gasteiger charge is -2.24. The van der Waals surface area contributed by atoms with E-state index < -0.39 is 0 Å². The lowest BCUT2D eigenvalue weighted by atomic mass is 9.82. The van der Waals surface area contributed by atoms with Crippen molar-refractivity contribution in [3.8, 4) is 0 Å². The second-order valence-electron chi connectivity index (χ2n) is 7.27. The van der Waals surface area contributed by atoms with Crippen LogP contribution in [0.25, 0.3) is 0 Å². The third kappa shape index (κ3) is 11.2. The number of rotatable bonds is 15. The minimum absolute atomic E-state index is 0.993. The molecule has 0 aliphatic carbocycles. The quantitative estimate of drug-likeness (QED) is 0.268. The summed E-state index contributed by atoms with van der Waals surface area (Å²) in [4.78, 5) is 0. The first kappa shape index (κ1) is 21.0. The molecule has 0 heteroatoms. The van der Waals surface area contributed by atoms with Crippen LogP contribution in [-0.4, -0.2) is 0 Å². The summed E-state index contributed by atoms with van der Waals surface area (Å²) < 4.78 is 0. The average Bonchev–Trinajstić information content (AvgIpc) is 2.52. The number of hydrogen-bond acceptors (Lipinski definition) is 0. The van der Waals surface area contributed by atoms with Crippen LogP contribution in [0.15, 0.2) is 0 Å². The smallest absolute Gasteiger partial charge is 0.0414 e. The van der Waals surface area contributed by atoms with Crippen molar-refractivity contribution in [1.82, 2.24) is 0 Å². The second kappa shape index (κ2) is 14.9. The zero-order valence-electron chi connectivity index (χ0n) is 15.9. The Hall–Kier alpha value is 0. The zero-order valence-corrected chi connectivity index (χ0v) is 15.9. The van der Waals surface area contributed by atoms with Crippen LogP contribution >= 0.6 is 0 Å². The molecule has 0 N–H and O–H groups in total. The molecule has 0 fully saturated rings. The molecule has 0 saturated heterocycles. The van der Waals surface area contributed by atoms with Gasteiger partial charge in [0.15, 0.2) is 0 Å². The Morgan fingerprint density at radius 3 is 1.48 bits per heavy atom. The van der Waals surface area contributed by atoms with E-state index in [1.807, 2.05) is 0 Å². The molecule has 0 heterocycles. The molecule has 0 aliphatic rings. The Balaban J connectivity index is 4.04. The highest BCUT2D eigenvalue weighted by molar-refractivity contribution is 4.68. The van der Waals surface area contributed by atoms with Gasteiger partial charge in [-0.05, 0) is 24.2 Å². The second-order valence-corrected chi connectivity index (χ2v) is 7.27. The van der Waals surface area contributed by atoms with E-state index in [9.17, 15) is 0 Å². The molecule has 21 heavy (non-hydrogen) atoms. The number of hydrogen-bond donors (Lipinski definition) is 0. The minimum atomic E-state index is 0.993. The monoisotopic (exact) mass is 296 g/mol. The molecule has 0 aromatic carbocycles. The van der Waals surface area contributed by atoms with Crippen LogP contribution in [0.4, 0.5) is 0 Å². The molecule has 0 aromatic heterocycles. The van der Waals surface area contributed by atoms with Crippen LogP contribution in [0, 0.1) is 17.8 Å². The van der Waals surface area contributed by atoms with Gasteiger partial charge in [-0.25, -0.2) is 0 Å². The highest BCUT2D eigenvalue weighted by atomic mass is 14.2. The molecule has 0 radical (unpaired) electrons.